The summed E-state index contributed by atoms with van der Waals surface area (Å²) in [5.74, 6) is 2.46. The van der Waals surface area contributed by atoms with Crippen molar-refractivity contribution in [3.63, 3.8) is 0 Å². The van der Waals surface area contributed by atoms with Gasteiger partial charge in [0, 0.05) is 5.25 Å². The van der Waals surface area contributed by atoms with Crippen molar-refractivity contribution in [3.05, 3.63) is 5.25 Å². The summed E-state index contributed by atoms with van der Waals surface area (Å²) >= 11 is 2.14. The maximum absolute atomic E-state index is 2.14. The van der Waals surface area contributed by atoms with Gasteiger partial charge in [0.25, 0.3) is 0 Å². The van der Waals surface area contributed by atoms with Crippen LogP contribution in [0.25, 0.3) is 0 Å². The maximum Gasteiger partial charge on any atom is 0.0337 e. The molecule has 1 radical (unpaired) electrons. The van der Waals surface area contributed by atoms with Gasteiger partial charge in [0.15, 0.2) is 0 Å². The topological polar surface area (TPSA) is 0 Å². The Bertz CT molecular complexity index is 88.7. The zero-order valence-corrected chi connectivity index (χ0v) is 6.54. The highest BCUT2D eigenvalue weighted by Crippen LogP contribution is 2.47. The van der Waals surface area contributed by atoms with Crippen molar-refractivity contribution >= 4 is 11.8 Å². The maximum atomic E-state index is 2.14. The second-order valence-electron chi connectivity index (χ2n) is 3.05. The SMILES string of the molecule is C1CCC2CCS[C]2C1. The molecule has 0 spiro atoms. The molecule has 0 nitrogen and oxygen atoms in total. The Morgan fingerprint density at radius 1 is 1.22 bits per heavy atom. The number of hydrogen-bond acceptors (Lipinski definition) is 1. The molecular weight excluding hydrogens is 128 g/mol. The first-order valence-corrected chi connectivity index (χ1v) is 4.94. The fourth-order valence-electron chi connectivity index (χ4n) is 1.88. The van der Waals surface area contributed by atoms with Crippen molar-refractivity contribution in [1.82, 2.24) is 0 Å². The first-order valence-electron chi connectivity index (χ1n) is 3.95. The highest BCUT2D eigenvalue weighted by Gasteiger charge is 2.30. The summed E-state index contributed by atoms with van der Waals surface area (Å²) in [6.07, 6.45) is 7.39. The number of rotatable bonds is 0. The van der Waals surface area contributed by atoms with Crippen LogP contribution in [0.5, 0.6) is 0 Å². The lowest BCUT2D eigenvalue weighted by Gasteiger charge is -2.22. The van der Waals surface area contributed by atoms with Gasteiger partial charge in [0.05, 0.1) is 0 Å². The van der Waals surface area contributed by atoms with E-state index in [4.69, 9.17) is 0 Å². The van der Waals surface area contributed by atoms with Crippen LogP contribution in [0, 0.1) is 11.2 Å². The molecule has 0 aromatic heterocycles. The first kappa shape index (κ1) is 6.09. The second-order valence-corrected chi connectivity index (χ2v) is 4.27. The molecule has 1 atom stereocenters. The summed E-state index contributed by atoms with van der Waals surface area (Å²) in [6.45, 7) is 0. The van der Waals surface area contributed by atoms with E-state index in [1.807, 2.05) is 5.25 Å². The normalized spacial score (nSPS) is 36.7. The van der Waals surface area contributed by atoms with E-state index in [0.29, 0.717) is 0 Å². The summed E-state index contributed by atoms with van der Waals surface area (Å²) in [6, 6.07) is 0. The molecule has 1 unspecified atom stereocenters. The molecule has 1 saturated carbocycles. The molecule has 9 heavy (non-hydrogen) atoms. The molecule has 2 rings (SSSR count). The molecular formula is C8H13S. The molecule has 2 aliphatic rings. The number of fused-ring (bicyclic) bond motifs is 1. The van der Waals surface area contributed by atoms with Gasteiger partial charge >= 0.3 is 0 Å². The van der Waals surface area contributed by atoms with Crippen LogP contribution in [0.15, 0.2) is 0 Å². The van der Waals surface area contributed by atoms with Crippen molar-refractivity contribution in [2.75, 3.05) is 5.75 Å². The van der Waals surface area contributed by atoms with E-state index in [1.165, 1.54) is 37.9 Å². The van der Waals surface area contributed by atoms with Gasteiger partial charge in [-0.25, -0.2) is 0 Å². The average molecular weight is 141 g/mol. The molecule has 0 aromatic rings. The van der Waals surface area contributed by atoms with Crippen molar-refractivity contribution in [2.24, 2.45) is 5.92 Å². The van der Waals surface area contributed by atoms with Crippen LogP contribution in [-0.2, 0) is 0 Å². The van der Waals surface area contributed by atoms with E-state index >= 15 is 0 Å². The summed E-state index contributed by atoms with van der Waals surface area (Å²) in [5, 5.41) is 1.83. The van der Waals surface area contributed by atoms with Crippen molar-refractivity contribution in [1.29, 1.82) is 0 Å². The van der Waals surface area contributed by atoms with Gasteiger partial charge in [0.2, 0.25) is 0 Å². The summed E-state index contributed by atoms with van der Waals surface area (Å²) in [4.78, 5) is 0. The Labute approximate surface area is 61.4 Å². The smallest absolute Gasteiger partial charge is 0.0337 e. The summed E-state index contributed by atoms with van der Waals surface area (Å²) in [5.41, 5.74) is 0. The van der Waals surface area contributed by atoms with Crippen LogP contribution >= 0.6 is 11.8 Å². The zero-order chi connectivity index (χ0) is 6.10. The molecule has 1 aliphatic heterocycles. The van der Waals surface area contributed by atoms with E-state index in [1.54, 1.807) is 0 Å². The molecule has 1 heterocycles. The second kappa shape index (κ2) is 2.53. The highest BCUT2D eigenvalue weighted by atomic mass is 32.2. The molecule has 1 heteroatoms. The number of thioether (sulfide) groups is 1. The predicted octanol–water partition coefficient (Wildman–Crippen LogP) is 2.85. The molecule has 0 aromatic carbocycles. The Balaban J connectivity index is 1.97. The number of hydrogen-bond donors (Lipinski definition) is 0. The molecule has 0 bridgehead atoms. The van der Waals surface area contributed by atoms with Gasteiger partial charge in [0.1, 0.15) is 0 Å². The zero-order valence-electron chi connectivity index (χ0n) is 5.73. The average Bonchev–Trinajstić information content (AvgIpc) is 2.33. The van der Waals surface area contributed by atoms with E-state index in [2.05, 4.69) is 11.8 Å². The Morgan fingerprint density at radius 3 is 3.11 bits per heavy atom. The Kier molecular flexibility index (Phi) is 1.71. The summed E-state index contributed by atoms with van der Waals surface area (Å²) in [7, 11) is 0. The third-order valence-electron chi connectivity index (χ3n) is 2.43. The van der Waals surface area contributed by atoms with Crippen LogP contribution in [0.2, 0.25) is 0 Å². The third-order valence-corrected chi connectivity index (χ3v) is 3.78. The molecule has 2 fully saturated rings. The molecule has 0 amide bonds. The molecule has 1 saturated heterocycles. The minimum atomic E-state index is 1.05. The van der Waals surface area contributed by atoms with Gasteiger partial charge in [-0.3, -0.25) is 0 Å². The minimum absolute atomic E-state index is 1.05. The lowest BCUT2D eigenvalue weighted by Crippen LogP contribution is -2.08. The van der Waals surface area contributed by atoms with Gasteiger partial charge in [-0.2, -0.15) is 11.8 Å². The quantitative estimate of drug-likeness (QED) is 0.500. The minimum Gasteiger partial charge on any atom is -0.153 e. The van der Waals surface area contributed by atoms with E-state index < -0.39 is 0 Å². The highest BCUT2D eigenvalue weighted by molar-refractivity contribution is 8.02. The Morgan fingerprint density at radius 2 is 2.22 bits per heavy atom. The first-order chi connectivity index (χ1) is 4.47. The van der Waals surface area contributed by atoms with E-state index in [9.17, 15) is 0 Å². The van der Waals surface area contributed by atoms with Crippen molar-refractivity contribution < 1.29 is 0 Å². The predicted molar refractivity (Wildman–Crippen MR) is 42.3 cm³/mol. The van der Waals surface area contributed by atoms with Crippen molar-refractivity contribution in [2.45, 2.75) is 32.1 Å². The van der Waals surface area contributed by atoms with Gasteiger partial charge in [-0.1, -0.05) is 12.8 Å². The van der Waals surface area contributed by atoms with Crippen LogP contribution < -0.4 is 0 Å². The van der Waals surface area contributed by atoms with E-state index in [-0.39, 0.29) is 0 Å². The van der Waals surface area contributed by atoms with Crippen LogP contribution in [0.1, 0.15) is 32.1 Å². The van der Waals surface area contributed by atoms with Gasteiger partial charge in [-0.05, 0) is 30.9 Å². The van der Waals surface area contributed by atoms with Gasteiger partial charge in [-0.15, -0.1) is 0 Å². The summed E-state index contributed by atoms with van der Waals surface area (Å²) < 4.78 is 0. The van der Waals surface area contributed by atoms with Crippen molar-refractivity contribution in [3.8, 4) is 0 Å². The lowest BCUT2D eigenvalue weighted by molar-refractivity contribution is 0.437. The van der Waals surface area contributed by atoms with Crippen LogP contribution in [-0.4, -0.2) is 5.75 Å². The van der Waals surface area contributed by atoms with Crippen LogP contribution in [0.3, 0.4) is 0 Å². The monoisotopic (exact) mass is 141 g/mol. The lowest BCUT2D eigenvalue weighted by atomic mass is 9.87. The fourth-order valence-corrected chi connectivity index (χ4v) is 3.31. The molecule has 51 valence electrons. The standard InChI is InChI=1S/C8H13S/c1-2-4-8-7(3-1)5-6-9-8/h7H,1-6H2. The van der Waals surface area contributed by atoms with Gasteiger partial charge < -0.3 is 0 Å². The Hall–Kier alpha value is 0.350. The van der Waals surface area contributed by atoms with Crippen LogP contribution in [0.4, 0.5) is 0 Å². The molecule has 0 N–H and O–H groups in total. The molecule has 1 aliphatic carbocycles. The largest absolute Gasteiger partial charge is 0.153 e. The third kappa shape index (κ3) is 1.12. The van der Waals surface area contributed by atoms with E-state index in [0.717, 1.165) is 5.92 Å². The fraction of sp³-hybridized carbons (Fsp3) is 0.875.